The highest BCUT2D eigenvalue weighted by Crippen LogP contribution is 2.40. The van der Waals surface area contributed by atoms with Gasteiger partial charge in [0.25, 0.3) is 5.79 Å². The SMILES string of the molecule is CC(=O)C1(Oc2cccc(C(=O)O)c2-c2cccc(NS(C)(=O)=O)c2)OC(CO)C(O)C(O)C1N. The van der Waals surface area contributed by atoms with E-state index in [0.717, 1.165) is 13.2 Å². The number of benzene rings is 2. The van der Waals surface area contributed by atoms with E-state index in [2.05, 4.69) is 4.72 Å². The van der Waals surface area contributed by atoms with Crippen molar-refractivity contribution in [2.45, 2.75) is 37.1 Å². The molecular formula is C22H26N2O10S. The fourth-order valence-corrected chi connectivity index (χ4v) is 4.42. The third-order valence-corrected chi connectivity index (χ3v) is 6.11. The molecule has 12 nitrogen and oxygen atoms in total. The summed E-state index contributed by atoms with van der Waals surface area (Å²) in [5.41, 5.74) is 6.11. The number of rotatable bonds is 8. The highest BCUT2D eigenvalue weighted by Gasteiger charge is 2.57. The van der Waals surface area contributed by atoms with Crippen molar-refractivity contribution in [2.75, 3.05) is 17.6 Å². The Balaban J connectivity index is 2.19. The second-order valence-corrected chi connectivity index (χ2v) is 9.86. The number of anilines is 1. The lowest BCUT2D eigenvalue weighted by Crippen LogP contribution is -2.73. The maximum absolute atomic E-state index is 12.7. The van der Waals surface area contributed by atoms with Crippen LogP contribution in [0.5, 0.6) is 5.75 Å². The molecule has 0 aliphatic carbocycles. The number of hydrogen-bond donors (Lipinski definition) is 6. The number of sulfonamides is 1. The molecule has 1 fully saturated rings. The Labute approximate surface area is 201 Å². The molecular weight excluding hydrogens is 484 g/mol. The molecule has 190 valence electrons. The van der Waals surface area contributed by atoms with Crippen LogP contribution in [0.4, 0.5) is 5.69 Å². The highest BCUT2D eigenvalue weighted by molar-refractivity contribution is 7.92. The zero-order chi connectivity index (χ0) is 26.1. The lowest BCUT2D eigenvalue weighted by molar-refractivity contribution is -0.286. The Morgan fingerprint density at radius 3 is 2.40 bits per heavy atom. The largest absolute Gasteiger partial charge is 0.478 e. The smallest absolute Gasteiger partial charge is 0.336 e. The van der Waals surface area contributed by atoms with Gasteiger partial charge in [-0.15, -0.1) is 0 Å². The number of carbonyl (C=O) groups is 2. The fourth-order valence-electron chi connectivity index (χ4n) is 3.87. The number of ketones is 1. The van der Waals surface area contributed by atoms with Crippen molar-refractivity contribution < 1.29 is 47.9 Å². The van der Waals surface area contributed by atoms with Gasteiger partial charge < -0.3 is 35.6 Å². The summed E-state index contributed by atoms with van der Waals surface area (Å²) in [5, 5.41) is 40.0. The number of nitrogens with one attached hydrogen (secondary N) is 1. The normalized spacial score (nSPS) is 26.7. The van der Waals surface area contributed by atoms with Gasteiger partial charge in [0.1, 0.15) is 30.1 Å². The van der Waals surface area contributed by atoms with Crippen LogP contribution in [0.25, 0.3) is 11.1 Å². The van der Waals surface area contributed by atoms with Gasteiger partial charge in [0, 0.05) is 18.2 Å². The molecule has 2 aromatic rings. The molecule has 5 unspecified atom stereocenters. The minimum atomic E-state index is -3.64. The summed E-state index contributed by atoms with van der Waals surface area (Å²) in [5.74, 6) is -4.73. The van der Waals surface area contributed by atoms with Crippen molar-refractivity contribution in [1.82, 2.24) is 0 Å². The topological polar surface area (TPSA) is 206 Å². The van der Waals surface area contributed by atoms with Crippen LogP contribution in [0.15, 0.2) is 42.5 Å². The monoisotopic (exact) mass is 510 g/mol. The summed E-state index contributed by atoms with van der Waals surface area (Å²) < 4.78 is 37.1. The summed E-state index contributed by atoms with van der Waals surface area (Å²) >= 11 is 0. The summed E-state index contributed by atoms with van der Waals surface area (Å²) in [4.78, 5) is 24.8. The van der Waals surface area contributed by atoms with Gasteiger partial charge >= 0.3 is 5.97 Å². The molecule has 7 N–H and O–H groups in total. The first kappa shape index (κ1) is 26.5. The summed E-state index contributed by atoms with van der Waals surface area (Å²) in [7, 11) is -3.64. The number of nitrogens with two attached hydrogens (primary N) is 1. The first-order valence-corrected chi connectivity index (χ1v) is 12.2. The predicted octanol–water partition coefficient (Wildman–Crippen LogP) is -0.472. The number of aliphatic hydroxyl groups is 3. The minimum Gasteiger partial charge on any atom is -0.478 e. The second-order valence-electron chi connectivity index (χ2n) is 8.11. The van der Waals surface area contributed by atoms with Crippen LogP contribution in [-0.4, -0.2) is 83.6 Å². The standard InChI is InChI=1S/C22H26N2O10S/c1-11(26)22(20(23)19(28)18(27)16(10-25)34-22)33-15-8-4-7-14(21(29)30)17(15)12-5-3-6-13(9-12)24-35(2,31)32/h3-9,16,18-20,24-25,27-28H,10,23H2,1-2H3,(H,29,30). The van der Waals surface area contributed by atoms with Crippen LogP contribution in [0.1, 0.15) is 17.3 Å². The van der Waals surface area contributed by atoms with Gasteiger partial charge in [-0.1, -0.05) is 18.2 Å². The van der Waals surface area contributed by atoms with E-state index in [0.29, 0.717) is 0 Å². The Bertz CT molecular complexity index is 1230. The highest BCUT2D eigenvalue weighted by atomic mass is 32.2. The molecule has 3 rings (SSSR count). The maximum Gasteiger partial charge on any atom is 0.336 e. The predicted molar refractivity (Wildman–Crippen MR) is 123 cm³/mol. The van der Waals surface area contributed by atoms with Gasteiger partial charge in [0.15, 0.2) is 0 Å². The van der Waals surface area contributed by atoms with Crippen LogP contribution in [0.2, 0.25) is 0 Å². The van der Waals surface area contributed by atoms with E-state index in [9.17, 15) is 38.4 Å². The third kappa shape index (κ3) is 5.29. The minimum absolute atomic E-state index is 0.0327. The molecule has 5 atom stereocenters. The van der Waals surface area contributed by atoms with Crippen molar-refractivity contribution >= 4 is 27.5 Å². The molecule has 1 saturated heterocycles. The van der Waals surface area contributed by atoms with E-state index in [-0.39, 0.29) is 28.1 Å². The number of ether oxygens (including phenoxy) is 2. The summed E-state index contributed by atoms with van der Waals surface area (Å²) in [6.45, 7) is 0.292. The van der Waals surface area contributed by atoms with E-state index in [1.54, 1.807) is 0 Å². The Morgan fingerprint density at radius 1 is 1.17 bits per heavy atom. The zero-order valence-electron chi connectivity index (χ0n) is 18.8. The number of carboxylic acids is 1. The van der Waals surface area contributed by atoms with Gasteiger partial charge in [-0.25, -0.2) is 13.2 Å². The number of Topliss-reactive ketones (excluding diaryl/α,β-unsaturated/α-hetero) is 1. The van der Waals surface area contributed by atoms with Gasteiger partial charge in [0.05, 0.1) is 18.4 Å². The fraction of sp³-hybridized carbons (Fsp3) is 0.364. The van der Waals surface area contributed by atoms with Crippen LogP contribution >= 0.6 is 0 Å². The van der Waals surface area contributed by atoms with Crippen molar-refractivity contribution in [3.8, 4) is 16.9 Å². The van der Waals surface area contributed by atoms with Crippen LogP contribution in [-0.2, 0) is 19.6 Å². The molecule has 0 amide bonds. The molecule has 1 aliphatic rings. The number of aromatic carboxylic acids is 1. The van der Waals surface area contributed by atoms with Crippen LogP contribution < -0.4 is 15.2 Å². The van der Waals surface area contributed by atoms with E-state index in [1.165, 1.54) is 42.5 Å². The number of carbonyl (C=O) groups excluding carboxylic acids is 1. The van der Waals surface area contributed by atoms with E-state index in [4.69, 9.17) is 15.2 Å². The third-order valence-electron chi connectivity index (χ3n) is 5.51. The quantitative estimate of drug-likeness (QED) is 0.268. The number of carboxylic acid groups (broad SMARTS) is 1. The van der Waals surface area contributed by atoms with Gasteiger partial charge in [-0.05, 0) is 29.8 Å². The average molecular weight is 511 g/mol. The van der Waals surface area contributed by atoms with E-state index >= 15 is 0 Å². The molecule has 0 aromatic heterocycles. The van der Waals surface area contributed by atoms with Crippen LogP contribution in [0, 0.1) is 0 Å². The molecule has 2 aromatic carbocycles. The van der Waals surface area contributed by atoms with E-state index < -0.39 is 58.5 Å². The van der Waals surface area contributed by atoms with Crippen LogP contribution in [0.3, 0.4) is 0 Å². The first-order valence-electron chi connectivity index (χ1n) is 10.4. The van der Waals surface area contributed by atoms with Crippen molar-refractivity contribution in [2.24, 2.45) is 5.73 Å². The zero-order valence-corrected chi connectivity index (χ0v) is 19.6. The summed E-state index contributed by atoms with van der Waals surface area (Å²) in [6.07, 6.45) is -3.82. The van der Waals surface area contributed by atoms with E-state index in [1.807, 2.05) is 0 Å². The molecule has 13 heteroatoms. The molecule has 1 aliphatic heterocycles. The molecule has 0 bridgehead atoms. The Kier molecular flexibility index (Phi) is 7.50. The second kappa shape index (κ2) is 9.89. The summed E-state index contributed by atoms with van der Waals surface area (Å²) in [6, 6.07) is 8.15. The maximum atomic E-state index is 12.7. The molecule has 0 saturated carbocycles. The number of hydrogen-bond acceptors (Lipinski definition) is 10. The lowest BCUT2D eigenvalue weighted by Gasteiger charge is -2.47. The first-order chi connectivity index (χ1) is 16.3. The lowest BCUT2D eigenvalue weighted by atomic mass is 9.88. The molecule has 0 radical (unpaired) electrons. The van der Waals surface area contributed by atoms with Gasteiger partial charge in [-0.2, -0.15) is 0 Å². The van der Waals surface area contributed by atoms with Crippen molar-refractivity contribution in [3.05, 3.63) is 48.0 Å². The van der Waals surface area contributed by atoms with Crippen molar-refractivity contribution in [1.29, 1.82) is 0 Å². The van der Waals surface area contributed by atoms with Gasteiger partial charge in [-0.3, -0.25) is 9.52 Å². The average Bonchev–Trinajstić information content (AvgIpc) is 2.78. The Morgan fingerprint density at radius 2 is 1.83 bits per heavy atom. The van der Waals surface area contributed by atoms with Gasteiger partial charge in [0.2, 0.25) is 15.8 Å². The Hall–Kier alpha value is -3.07. The van der Waals surface area contributed by atoms with Crippen molar-refractivity contribution in [3.63, 3.8) is 0 Å². The molecule has 0 spiro atoms. The number of aliphatic hydroxyl groups excluding tert-OH is 3. The molecule has 1 heterocycles. The molecule has 35 heavy (non-hydrogen) atoms.